The van der Waals surface area contributed by atoms with E-state index in [0.717, 1.165) is 11.3 Å². The van der Waals surface area contributed by atoms with Crippen LogP contribution >= 0.6 is 0 Å². The van der Waals surface area contributed by atoms with Crippen LogP contribution in [0.3, 0.4) is 0 Å². The fraction of sp³-hybridized carbons (Fsp3) is 0.381. The Kier molecular flexibility index (Phi) is 5.85. The van der Waals surface area contributed by atoms with Gasteiger partial charge in [-0.15, -0.1) is 0 Å². The Morgan fingerprint density at radius 3 is 2.16 bits per heavy atom. The monoisotopic (exact) mass is 340 g/mol. The molecule has 25 heavy (non-hydrogen) atoms. The highest BCUT2D eigenvalue weighted by molar-refractivity contribution is 5.90. The molecular formula is C21H28N2O2. The van der Waals surface area contributed by atoms with Crippen LogP contribution in [0.15, 0.2) is 54.6 Å². The summed E-state index contributed by atoms with van der Waals surface area (Å²) < 4.78 is 0. The Hall–Kier alpha value is -2.33. The third-order valence-electron chi connectivity index (χ3n) is 4.41. The van der Waals surface area contributed by atoms with E-state index in [9.17, 15) is 9.90 Å². The second kappa shape index (κ2) is 7.70. The Balaban J connectivity index is 2.29. The Morgan fingerprint density at radius 2 is 1.60 bits per heavy atom. The third-order valence-corrected chi connectivity index (χ3v) is 4.41. The first-order chi connectivity index (χ1) is 11.8. The summed E-state index contributed by atoms with van der Waals surface area (Å²) in [4.78, 5) is 13.0. The van der Waals surface area contributed by atoms with Gasteiger partial charge in [0.25, 0.3) is 0 Å². The van der Waals surface area contributed by atoms with E-state index in [1.807, 2.05) is 82.3 Å². The van der Waals surface area contributed by atoms with Crippen molar-refractivity contribution < 1.29 is 9.90 Å². The fourth-order valence-electron chi connectivity index (χ4n) is 2.51. The highest BCUT2D eigenvalue weighted by Crippen LogP contribution is 2.27. The molecule has 0 radical (unpaired) electrons. The molecule has 0 fully saturated rings. The second-order valence-electron chi connectivity index (χ2n) is 7.49. The number of aliphatic hydroxyl groups is 1. The van der Waals surface area contributed by atoms with E-state index in [2.05, 4.69) is 10.6 Å². The molecule has 0 saturated carbocycles. The van der Waals surface area contributed by atoms with E-state index < -0.39 is 5.54 Å². The molecule has 0 aliphatic rings. The molecular weight excluding hydrogens is 312 g/mol. The average molecular weight is 340 g/mol. The van der Waals surface area contributed by atoms with Gasteiger partial charge < -0.3 is 15.7 Å². The third kappa shape index (κ3) is 4.83. The number of carbonyl (C=O) groups is 1. The van der Waals surface area contributed by atoms with E-state index in [1.165, 1.54) is 5.56 Å². The summed E-state index contributed by atoms with van der Waals surface area (Å²) in [6.45, 7) is 8.16. The number of anilines is 1. The number of aliphatic hydroxyl groups excluding tert-OH is 1. The van der Waals surface area contributed by atoms with E-state index in [1.54, 1.807) is 0 Å². The Morgan fingerprint density at radius 1 is 1.00 bits per heavy atom. The lowest BCUT2D eigenvalue weighted by molar-refractivity contribution is -0.125. The highest BCUT2D eigenvalue weighted by atomic mass is 16.3. The molecule has 0 aliphatic heterocycles. The minimum absolute atomic E-state index is 0.0146. The van der Waals surface area contributed by atoms with Gasteiger partial charge in [0.2, 0.25) is 5.91 Å². The van der Waals surface area contributed by atoms with Crippen molar-refractivity contribution in [2.75, 3.05) is 18.5 Å². The van der Waals surface area contributed by atoms with Gasteiger partial charge in [-0.1, -0.05) is 61.9 Å². The molecule has 2 aromatic carbocycles. The van der Waals surface area contributed by atoms with Gasteiger partial charge in [-0.3, -0.25) is 4.79 Å². The summed E-state index contributed by atoms with van der Waals surface area (Å²) in [7, 11) is 0. The molecule has 1 atom stereocenters. The summed E-state index contributed by atoms with van der Waals surface area (Å²) >= 11 is 0. The molecule has 2 aromatic rings. The van der Waals surface area contributed by atoms with Crippen molar-refractivity contribution in [1.29, 1.82) is 0 Å². The zero-order chi connectivity index (χ0) is 18.5. The smallest absolute Gasteiger partial charge is 0.250 e. The number of hydrogen-bond acceptors (Lipinski definition) is 3. The van der Waals surface area contributed by atoms with Gasteiger partial charge in [0.15, 0.2) is 0 Å². The van der Waals surface area contributed by atoms with Gasteiger partial charge in [-0.25, -0.2) is 0 Å². The Bertz CT molecular complexity index is 696. The van der Waals surface area contributed by atoms with Crippen LogP contribution in [0.5, 0.6) is 0 Å². The molecule has 1 amide bonds. The summed E-state index contributed by atoms with van der Waals surface area (Å²) in [5.41, 5.74) is 1.66. The average Bonchev–Trinajstić information content (AvgIpc) is 2.62. The van der Waals surface area contributed by atoms with Crippen molar-refractivity contribution in [2.24, 2.45) is 5.41 Å². The summed E-state index contributed by atoms with van der Waals surface area (Å²) in [6.07, 6.45) is 0. The van der Waals surface area contributed by atoms with Gasteiger partial charge in [-0.2, -0.15) is 0 Å². The minimum atomic E-state index is -0.915. The molecule has 0 heterocycles. The number of rotatable bonds is 7. The number of hydrogen-bond donors (Lipinski definition) is 3. The number of nitrogens with one attached hydrogen (secondary N) is 2. The summed E-state index contributed by atoms with van der Waals surface area (Å²) in [5.74, 6) is -0.124. The molecule has 0 bridgehead atoms. The zero-order valence-electron chi connectivity index (χ0n) is 15.5. The number of amides is 1. The van der Waals surface area contributed by atoms with Crippen molar-refractivity contribution in [3.63, 3.8) is 0 Å². The lowest BCUT2D eigenvalue weighted by atomic mass is 9.89. The first kappa shape index (κ1) is 19.0. The topological polar surface area (TPSA) is 61.4 Å². The van der Waals surface area contributed by atoms with Crippen molar-refractivity contribution in [1.82, 2.24) is 5.32 Å². The number of carbonyl (C=O) groups excluding carboxylic acids is 1. The van der Waals surface area contributed by atoms with Crippen LogP contribution in [0.2, 0.25) is 0 Å². The largest absolute Gasteiger partial charge is 0.396 e. The van der Waals surface area contributed by atoms with Crippen molar-refractivity contribution in [3.8, 4) is 0 Å². The van der Waals surface area contributed by atoms with Crippen molar-refractivity contribution >= 4 is 11.6 Å². The maximum Gasteiger partial charge on any atom is 0.250 e. The number of benzene rings is 2. The second-order valence-corrected chi connectivity index (χ2v) is 7.49. The molecule has 3 N–H and O–H groups in total. The predicted octanol–water partition coefficient (Wildman–Crippen LogP) is 3.46. The molecule has 0 aromatic heterocycles. The molecule has 0 aliphatic carbocycles. The summed E-state index contributed by atoms with van der Waals surface area (Å²) in [5, 5.41) is 15.8. The molecule has 4 heteroatoms. The van der Waals surface area contributed by atoms with Gasteiger partial charge in [-0.05, 0) is 31.5 Å². The first-order valence-electron chi connectivity index (χ1n) is 8.56. The van der Waals surface area contributed by atoms with Crippen LogP contribution in [-0.2, 0) is 10.3 Å². The minimum Gasteiger partial charge on any atom is -0.396 e. The van der Waals surface area contributed by atoms with Gasteiger partial charge in [0.1, 0.15) is 5.54 Å². The van der Waals surface area contributed by atoms with Crippen LogP contribution in [0.4, 0.5) is 5.69 Å². The number of aryl methyl sites for hydroxylation is 1. The van der Waals surface area contributed by atoms with Crippen LogP contribution in [0.25, 0.3) is 0 Å². The SMILES string of the molecule is Cc1ccc(NC(C)(C(=O)NCC(C)(C)CO)c2ccccc2)cc1. The molecule has 1 unspecified atom stereocenters. The van der Waals surface area contributed by atoms with Crippen molar-refractivity contribution in [3.05, 3.63) is 65.7 Å². The standard InChI is InChI=1S/C21H28N2O2/c1-16-10-12-18(13-11-16)23-21(4,17-8-6-5-7-9-17)19(25)22-14-20(2,3)15-24/h5-13,23-24H,14-15H2,1-4H3,(H,22,25). The quantitative estimate of drug-likeness (QED) is 0.723. The highest BCUT2D eigenvalue weighted by Gasteiger charge is 2.35. The maximum atomic E-state index is 13.0. The van der Waals surface area contributed by atoms with E-state index in [4.69, 9.17) is 0 Å². The van der Waals surface area contributed by atoms with E-state index >= 15 is 0 Å². The van der Waals surface area contributed by atoms with Crippen LogP contribution < -0.4 is 10.6 Å². The summed E-state index contributed by atoms with van der Waals surface area (Å²) in [6, 6.07) is 17.6. The lowest BCUT2D eigenvalue weighted by Crippen LogP contribution is -2.50. The first-order valence-corrected chi connectivity index (χ1v) is 8.56. The van der Waals surface area contributed by atoms with Crippen molar-refractivity contribution in [2.45, 2.75) is 33.2 Å². The predicted molar refractivity (Wildman–Crippen MR) is 102 cm³/mol. The van der Waals surface area contributed by atoms with Gasteiger partial charge in [0.05, 0.1) is 0 Å². The van der Waals surface area contributed by atoms with E-state index in [0.29, 0.717) is 6.54 Å². The lowest BCUT2D eigenvalue weighted by Gasteiger charge is -2.33. The Labute approximate surface area is 150 Å². The normalized spacial score (nSPS) is 13.8. The molecule has 0 spiro atoms. The molecule has 0 saturated heterocycles. The maximum absolute atomic E-state index is 13.0. The molecule has 134 valence electrons. The van der Waals surface area contributed by atoms with Crippen LogP contribution in [0.1, 0.15) is 31.9 Å². The van der Waals surface area contributed by atoms with E-state index in [-0.39, 0.29) is 17.9 Å². The van der Waals surface area contributed by atoms with Crippen LogP contribution in [-0.4, -0.2) is 24.2 Å². The van der Waals surface area contributed by atoms with Crippen LogP contribution in [0, 0.1) is 12.3 Å². The molecule has 2 rings (SSSR count). The zero-order valence-corrected chi connectivity index (χ0v) is 15.5. The van der Waals surface area contributed by atoms with Gasteiger partial charge >= 0.3 is 0 Å². The van der Waals surface area contributed by atoms with Gasteiger partial charge in [0, 0.05) is 24.3 Å². The molecule has 4 nitrogen and oxygen atoms in total. The fourth-order valence-corrected chi connectivity index (χ4v) is 2.51.